The van der Waals surface area contributed by atoms with Crippen LogP contribution in [0.2, 0.25) is 5.02 Å². The number of hydrogen-bond acceptors (Lipinski definition) is 3. The van der Waals surface area contributed by atoms with Crippen molar-refractivity contribution in [3.63, 3.8) is 0 Å². The fourth-order valence-electron chi connectivity index (χ4n) is 2.12. The van der Waals surface area contributed by atoms with Crippen LogP contribution in [0.3, 0.4) is 0 Å². The van der Waals surface area contributed by atoms with Gasteiger partial charge >= 0.3 is 0 Å². The molecular weight excluding hydrogens is 298 g/mol. The van der Waals surface area contributed by atoms with E-state index in [9.17, 15) is 8.78 Å². The van der Waals surface area contributed by atoms with Gasteiger partial charge in [0.2, 0.25) is 5.88 Å². The van der Waals surface area contributed by atoms with E-state index in [1.165, 1.54) is 36.4 Å². The average Bonchev–Trinajstić information content (AvgIpc) is 2.81. The van der Waals surface area contributed by atoms with E-state index >= 15 is 0 Å². The molecule has 3 aromatic rings. The lowest BCUT2D eigenvalue weighted by atomic mass is 10.00. The maximum atomic E-state index is 14.1. The second kappa shape index (κ2) is 5.18. The van der Waals surface area contributed by atoms with E-state index in [2.05, 4.69) is 5.16 Å². The Morgan fingerprint density at radius 1 is 0.952 bits per heavy atom. The van der Waals surface area contributed by atoms with Crippen molar-refractivity contribution in [2.45, 2.75) is 0 Å². The summed E-state index contributed by atoms with van der Waals surface area (Å²) in [5.41, 5.74) is 6.17. The molecule has 2 aromatic carbocycles. The standard InChI is InChI=1S/C15H9ClF2N2O/c16-9-5-3-7-11(18)12(9)13-14(20-21-15(13)19)8-4-1-2-6-10(8)17/h1-7H,19H2. The van der Waals surface area contributed by atoms with Gasteiger partial charge in [0.05, 0.1) is 10.6 Å². The van der Waals surface area contributed by atoms with Crippen LogP contribution >= 0.6 is 11.6 Å². The van der Waals surface area contributed by atoms with E-state index in [0.29, 0.717) is 0 Å². The predicted octanol–water partition coefficient (Wildman–Crippen LogP) is 4.52. The van der Waals surface area contributed by atoms with Crippen LogP contribution in [0, 0.1) is 11.6 Å². The summed E-state index contributed by atoms with van der Waals surface area (Å²) in [5.74, 6) is -1.23. The Kier molecular flexibility index (Phi) is 3.35. The first-order valence-electron chi connectivity index (χ1n) is 6.04. The summed E-state index contributed by atoms with van der Waals surface area (Å²) in [6.07, 6.45) is 0. The number of aromatic nitrogens is 1. The molecule has 1 aromatic heterocycles. The van der Waals surface area contributed by atoms with Crippen LogP contribution in [0.4, 0.5) is 14.7 Å². The van der Waals surface area contributed by atoms with Gasteiger partial charge in [-0.1, -0.05) is 35.0 Å². The summed E-state index contributed by atoms with van der Waals surface area (Å²) >= 11 is 6.03. The zero-order valence-electron chi connectivity index (χ0n) is 10.6. The molecule has 0 saturated carbocycles. The van der Waals surface area contributed by atoms with Crippen LogP contribution in [-0.2, 0) is 0 Å². The number of benzene rings is 2. The van der Waals surface area contributed by atoms with Crippen molar-refractivity contribution in [3.05, 3.63) is 59.1 Å². The summed E-state index contributed by atoms with van der Waals surface area (Å²) in [4.78, 5) is 0. The first kappa shape index (κ1) is 13.6. The highest BCUT2D eigenvalue weighted by Crippen LogP contribution is 2.41. The Bertz CT molecular complexity index is 797. The average molecular weight is 307 g/mol. The normalized spacial score (nSPS) is 10.8. The molecule has 0 aliphatic heterocycles. The first-order chi connectivity index (χ1) is 10.1. The Morgan fingerprint density at radius 3 is 2.38 bits per heavy atom. The fourth-order valence-corrected chi connectivity index (χ4v) is 2.38. The van der Waals surface area contributed by atoms with Gasteiger partial charge in [-0.15, -0.1) is 0 Å². The molecule has 3 nitrogen and oxygen atoms in total. The first-order valence-corrected chi connectivity index (χ1v) is 6.42. The molecule has 1 heterocycles. The Morgan fingerprint density at radius 2 is 1.67 bits per heavy atom. The number of nitrogen functional groups attached to an aromatic ring is 1. The number of nitrogens with zero attached hydrogens (tertiary/aromatic N) is 1. The second-order valence-electron chi connectivity index (χ2n) is 4.35. The van der Waals surface area contributed by atoms with E-state index < -0.39 is 11.6 Å². The van der Waals surface area contributed by atoms with E-state index in [0.717, 1.165) is 0 Å². The number of rotatable bonds is 2. The summed E-state index contributed by atoms with van der Waals surface area (Å²) in [7, 11) is 0. The third-order valence-electron chi connectivity index (χ3n) is 3.06. The maximum absolute atomic E-state index is 14.1. The van der Waals surface area contributed by atoms with Crippen LogP contribution < -0.4 is 5.73 Å². The largest absolute Gasteiger partial charge is 0.367 e. The van der Waals surface area contributed by atoms with E-state index in [1.807, 2.05) is 0 Å². The molecule has 0 fully saturated rings. The van der Waals surface area contributed by atoms with Crippen molar-refractivity contribution in [3.8, 4) is 22.4 Å². The maximum Gasteiger partial charge on any atom is 0.230 e. The molecule has 3 rings (SSSR count). The minimum absolute atomic E-state index is 0.0381. The minimum atomic E-state index is -0.588. The number of halogens is 3. The van der Waals surface area contributed by atoms with Crippen molar-refractivity contribution in [2.24, 2.45) is 0 Å². The molecule has 2 N–H and O–H groups in total. The van der Waals surface area contributed by atoms with Crippen LogP contribution in [0.5, 0.6) is 0 Å². The predicted molar refractivity (Wildman–Crippen MR) is 76.7 cm³/mol. The highest BCUT2D eigenvalue weighted by molar-refractivity contribution is 6.33. The van der Waals surface area contributed by atoms with Gasteiger partial charge in [-0.2, -0.15) is 0 Å². The van der Waals surface area contributed by atoms with Crippen molar-refractivity contribution < 1.29 is 13.3 Å². The van der Waals surface area contributed by atoms with Gasteiger partial charge in [-0.05, 0) is 24.3 Å². The van der Waals surface area contributed by atoms with E-state index in [1.54, 1.807) is 6.07 Å². The number of nitrogens with two attached hydrogens (primary N) is 1. The molecular formula is C15H9ClF2N2O. The monoisotopic (exact) mass is 306 g/mol. The number of hydrogen-bond donors (Lipinski definition) is 1. The molecule has 0 saturated heterocycles. The van der Waals surface area contributed by atoms with Gasteiger partial charge in [0.25, 0.3) is 0 Å². The third kappa shape index (κ3) is 2.25. The van der Waals surface area contributed by atoms with Gasteiger partial charge in [0.15, 0.2) is 0 Å². The van der Waals surface area contributed by atoms with Gasteiger partial charge in [0, 0.05) is 11.1 Å². The molecule has 0 aliphatic carbocycles. The smallest absolute Gasteiger partial charge is 0.230 e. The van der Waals surface area contributed by atoms with Crippen molar-refractivity contribution in [1.82, 2.24) is 5.16 Å². The minimum Gasteiger partial charge on any atom is -0.367 e. The molecule has 6 heteroatoms. The lowest BCUT2D eigenvalue weighted by Crippen LogP contribution is -1.93. The van der Waals surface area contributed by atoms with Crippen molar-refractivity contribution >= 4 is 17.5 Å². The molecule has 0 aliphatic rings. The van der Waals surface area contributed by atoms with E-state index in [-0.39, 0.29) is 33.3 Å². The fraction of sp³-hybridized carbons (Fsp3) is 0. The second-order valence-corrected chi connectivity index (χ2v) is 4.75. The molecule has 0 spiro atoms. The summed E-state index contributed by atoms with van der Waals surface area (Å²) < 4.78 is 32.9. The highest BCUT2D eigenvalue weighted by Gasteiger charge is 2.24. The van der Waals surface area contributed by atoms with Crippen molar-refractivity contribution in [1.29, 1.82) is 0 Å². The molecule has 0 amide bonds. The lowest BCUT2D eigenvalue weighted by Gasteiger charge is -2.07. The SMILES string of the molecule is Nc1onc(-c2ccccc2F)c1-c1c(F)cccc1Cl. The Balaban J connectivity index is 2.31. The molecule has 106 valence electrons. The Hall–Kier alpha value is -2.40. The Labute approximate surface area is 123 Å². The van der Waals surface area contributed by atoms with Crippen LogP contribution in [0.25, 0.3) is 22.4 Å². The van der Waals surface area contributed by atoms with E-state index in [4.69, 9.17) is 21.9 Å². The van der Waals surface area contributed by atoms with Crippen LogP contribution in [0.1, 0.15) is 0 Å². The highest BCUT2D eigenvalue weighted by atomic mass is 35.5. The lowest BCUT2D eigenvalue weighted by molar-refractivity contribution is 0.439. The van der Waals surface area contributed by atoms with Gasteiger partial charge in [-0.3, -0.25) is 0 Å². The molecule has 0 unspecified atom stereocenters. The zero-order valence-corrected chi connectivity index (χ0v) is 11.4. The molecule has 0 atom stereocenters. The van der Waals surface area contributed by atoms with Crippen LogP contribution in [0.15, 0.2) is 47.0 Å². The quantitative estimate of drug-likeness (QED) is 0.757. The van der Waals surface area contributed by atoms with Crippen molar-refractivity contribution in [2.75, 3.05) is 5.73 Å². The van der Waals surface area contributed by atoms with Crippen LogP contribution in [-0.4, -0.2) is 5.16 Å². The summed E-state index contributed by atoms with van der Waals surface area (Å²) in [6.45, 7) is 0. The third-order valence-corrected chi connectivity index (χ3v) is 3.38. The van der Waals surface area contributed by atoms with Gasteiger partial charge in [-0.25, -0.2) is 8.78 Å². The summed E-state index contributed by atoms with van der Waals surface area (Å²) in [5, 5.41) is 3.88. The summed E-state index contributed by atoms with van der Waals surface area (Å²) in [6, 6.07) is 10.2. The number of anilines is 1. The van der Waals surface area contributed by atoms with Gasteiger partial charge in [0.1, 0.15) is 17.3 Å². The molecule has 0 radical (unpaired) electrons. The topological polar surface area (TPSA) is 52.0 Å². The molecule has 0 bridgehead atoms. The molecule has 21 heavy (non-hydrogen) atoms. The van der Waals surface area contributed by atoms with Gasteiger partial charge < -0.3 is 10.3 Å². The zero-order chi connectivity index (χ0) is 15.0.